The Morgan fingerprint density at radius 2 is 2.21 bits per heavy atom. The fraction of sp³-hybridized carbons (Fsp3) is 0.214. The second kappa shape index (κ2) is 6.46. The van der Waals surface area contributed by atoms with Crippen LogP contribution in [-0.4, -0.2) is 6.61 Å². The van der Waals surface area contributed by atoms with Gasteiger partial charge in [-0.05, 0) is 37.3 Å². The molecule has 0 saturated heterocycles. The van der Waals surface area contributed by atoms with Gasteiger partial charge in [0.05, 0.1) is 12.3 Å². The van der Waals surface area contributed by atoms with Gasteiger partial charge in [0.2, 0.25) is 0 Å². The van der Waals surface area contributed by atoms with Crippen LogP contribution in [0.2, 0.25) is 5.02 Å². The number of benzene rings is 1. The number of hydrogen-bond donors (Lipinski definition) is 1. The molecule has 0 spiro atoms. The molecule has 0 fully saturated rings. The molecule has 1 N–H and O–H groups in total. The molecule has 19 heavy (non-hydrogen) atoms. The highest BCUT2D eigenvalue weighted by Gasteiger charge is 2.05. The third-order valence-electron chi connectivity index (χ3n) is 2.47. The van der Waals surface area contributed by atoms with Crippen molar-refractivity contribution < 1.29 is 4.74 Å². The molecule has 0 aliphatic carbocycles. The first-order chi connectivity index (χ1) is 9.22. The van der Waals surface area contributed by atoms with Crippen LogP contribution >= 0.6 is 22.9 Å². The van der Waals surface area contributed by atoms with Gasteiger partial charge < -0.3 is 10.1 Å². The first-order valence-electron chi connectivity index (χ1n) is 5.88. The summed E-state index contributed by atoms with van der Waals surface area (Å²) in [7, 11) is 0. The molecule has 1 heterocycles. The van der Waals surface area contributed by atoms with Gasteiger partial charge >= 0.3 is 0 Å². The zero-order valence-electron chi connectivity index (χ0n) is 10.4. The van der Waals surface area contributed by atoms with E-state index in [0.29, 0.717) is 23.1 Å². The molecule has 0 amide bonds. The average Bonchev–Trinajstić information content (AvgIpc) is 2.87. The van der Waals surface area contributed by atoms with E-state index in [1.807, 2.05) is 31.2 Å². The fourth-order valence-electron chi connectivity index (χ4n) is 1.64. The highest BCUT2D eigenvalue weighted by Crippen LogP contribution is 2.29. The Bertz CT molecular complexity index is 604. The van der Waals surface area contributed by atoms with Crippen molar-refractivity contribution in [3.8, 4) is 11.8 Å². The largest absolute Gasteiger partial charge is 0.492 e. The molecule has 0 aliphatic rings. The summed E-state index contributed by atoms with van der Waals surface area (Å²) in [5.74, 6) is 0.781. The van der Waals surface area contributed by atoms with Crippen molar-refractivity contribution in [1.82, 2.24) is 0 Å². The first kappa shape index (κ1) is 13.7. The zero-order chi connectivity index (χ0) is 13.7. The number of nitrogens with zero attached hydrogens (tertiary/aromatic N) is 1. The molecule has 2 aromatic rings. The van der Waals surface area contributed by atoms with Crippen LogP contribution in [0, 0.1) is 11.3 Å². The summed E-state index contributed by atoms with van der Waals surface area (Å²) in [6.45, 7) is 3.19. The van der Waals surface area contributed by atoms with Gasteiger partial charge in [-0.1, -0.05) is 11.6 Å². The van der Waals surface area contributed by atoms with Gasteiger partial charge in [-0.25, -0.2) is 0 Å². The van der Waals surface area contributed by atoms with E-state index in [-0.39, 0.29) is 0 Å². The van der Waals surface area contributed by atoms with Crippen molar-refractivity contribution in [3.63, 3.8) is 0 Å². The topological polar surface area (TPSA) is 45.0 Å². The number of hydrogen-bond acceptors (Lipinski definition) is 4. The number of rotatable bonds is 5. The predicted molar refractivity (Wildman–Crippen MR) is 79.0 cm³/mol. The van der Waals surface area contributed by atoms with Gasteiger partial charge in [0.1, 0.15) is 16.7 Å². The molecule has 1 aromatic carbocycles. The van der Waals surface area contributed by atoms with E-state index in [1.54, 1.807) is 6.07 Å². The minimum atomic E-state index is 0.605. The Labute approximate surface area is 121 Å². The maximum absolute atomic E-state index is 8.79. The van der Waals surface area contributed by atoms with Gasteiger partial charge in [0, 0.05) is 16.4 Å². The number of thiophene rings is 1. The summed E-state index contributed by atoms with van der Waals surface area (Å²) in [6, 6.07) is 11.4. The van der Waals surface area contributed by atoms with Crippen LogP contribution in [-0.2, 0) is 6.54 Å². The molecule has 0 atom stereocenters. The molecular formula is C14H13ClN2OS. The lowest BCUT2D eigenvalue weighted by atomic mass is 10.3. The van der Waals surface area contributed by atoms with Crippen molar-refractivity contribution in [2.45, 2.75) is 13.5 Å². The van der Waals surface area contributed by atoms with E-state index in [0.717, 1.165) is 16.3 Å². The maximum atomic E-state index is 8.79. The Hall–Kier alpha value is -1.70. The van der Waals surface area contributed by atoms with Crippen LogP contribution in [0.1, 0.15) is 16.7 Å². The summed E-state index contributed by atoms with van der Waals surface area (Å²) in [5.41, 5.74) is 0.862. The molecule has 0 bridgehead atoms. The van der Waals surface area contributed by atoms with Crippen molar-refractivity contribution in [1.29, 1.82) is 5.26 Å². The quantitative estimate of drug-likeness (QED) is 0.894. The molecule has 1 aromatic heterocycles. The van der Waals surface area contributed by atoms with Crippen LogP contribution in [0.15, 0.2) is 30.3 Å². The summed E-state index contributed by atoms with van der Waals surface area (Å²) in [5, 5.41) is 12.7. The minimum absolute atomic E-state index is 0.605. The smallest absolute Gasteiger partial charge is 0.142 e. The Kier molecular flexibility index (Phi) is 4.67. The third-order valence-corrected chi connectivity index (χ3v) is 3.69. The van der Waals surface area contributed by atoms with E-state index in [2.05, 4.69) is 11.4 Å². The average molecular weight is 293 g/mol. The predicted octanol–water partition coefficient (Wildman–Crippen LogP) is 4.28. The van der Waals surface area contributed by atoms with Crippen molar-refractivity contribution >= 4 is 28.6 Å². The highest BCUT2D eigenvalue weighted by atomic mass is 35.5. The molecule has 3 nitrogen and oxygen atoms in total. The molecule has 2 rings (SSSR count). The van der Waals surface area contributed by atoms with Gasteiger partial charge in [-0.3, -0.25) is 0 Å². The molecular weight excluding hydrogens is 280 g/mol. The molecule has 5 heteroatoms. The summed E-state index contributed by atoms with van der Waals surface area (Å²) in [4.78, 5) is 1.81. The fourth-order valence-corrected chi connectivity index (χ4v) is 2.55. The van der Waals surface area contributed by atoms with Crippen LogP contribution in [0.3, 0.4) is 0 Å². The molecule has 0 unspecified atom stereocenters. The number of nitrogens with one attached hydrogen (secondary N) is 1. The Morgan fingerprint density at radius 3 is 2.89 bits per heavy atom. The van der Waals surface area contributed by atoms with E-state index in [9.17, 15) is 0 Å². The van der Waals surface area contributed by atoms with Crippen molar-refractivity contribution in [2.24, 2.45) is 0 Å². The molecule has 0 radical (unpaired) electrons. The number of anilines is 1. The summed E-state index contributed by atoms with van der Waals surface area (Å²) >= 11 is 7.47. The van der Waals surface area contributed by atoms with Gasteiger partial charge in [0.25, 0.3) is 0 Å². The van der Waals surface area contributed by atoms with Crippen molar-refractivity contribution in [3.05, 3.63) is 45.1 Å². The van der Waals surface area contributed by atoms with Gasteiger partial charge in [-0.2, -0.15) is 5.26 Å². The lowest BCUT2D eigenvalue weighted by molar-refractivity contribution is 0.341. The Morgan fingerprint density at radius 1 is 1.37 bits per heavy atom. The zero-order valence-corrected chi connectivity index (χ0v) is 12.0. The van der Waals surface area contributed by atoms with Crippen LogP contribution in [0.25, 0.3) is 0 Å². The molecule has 0 saturated carbocycles. The number of nitriles is 1. The monoisotopic (exact) mass is 292 g/mol. The van der Waals surface area contributed by atoms with E-state index < -0.39 is 0 Å². The number of ether oxygens (including phenoxy) is 1. The normalized spacial score (nSPS) is 9.95. The maximum Gasteiger partial charge on any atom is 0.142 e. The van der Waals surface area contributed by atoms with E-state index in [4.69, 9.17) is 21.6 Å². The molecule has 0 aliphatic heterocycles. The molecule has 98 valence electrons. The van der Waals surface area contributed by atoms with Crippen LogP contribution in [0.4, 0.5) is 5.69 Å². The third kappa shape index (κ3) is 3.63. The second-order valence-corrected chi connectivity index (χ2v) is 5.41. The summed E-state index contributed by atoms with van der Waals surface area (Å²) in [6.07, 6.45) is 0. The first-order valence-corrected chi connectivity index (χ1v) is 7.07. The van der Waals surface area contributed by atoms with E-state index >= 15 is 0 Å². The van der Waals surface area contributed by atoms with Crippen LogP contribution < -0.4 is 10.1 Å². The second-order valence-electron chi connectivity index (χ2n) is 3.80. The standard InChI is InChI=1S/C14H13ClN2OS/c1-2-18-14-6-3-10(15)7-13(14)17-9-12-5-4-11(8-16)19-12/h3-7,17H,2,9H2,1H3. The minimum Gasteiger partial charge on any atom is -0.492 e. The van der Waals surface area contributed by atoms with Gasteiger partial charge in [0.15, 0.2) is 0 Å². The lowest BCUT2D eigenvalue weighted by Gasteiger charge is -2.12. The number of halogens is 1. The van der Waals surface area contributed by atoms with Gasteiger partial charge in [-0.15, -0.1) is 11.3 Å². The van der Waals surface area contributed by atoms with Crippen LogP contribution in [0.5, 0.6) is 5.75 Å². The van der Waals surface area contributed by atoms with E-state index in [1.165, 1.54) is 11.3 Å². The Balaban J connectivity index is 2.09. The lowest BCUT2D eigenvalue weighted by Crippen LogP contribution is -2.01. The highest BCUT2D eigenvalue weighted by molar-refractivity contribution is 7.12. The van der Waals surface area contributed by atoms with Crippen molar-refractivity contribution in [2.75, 3.05) is 11.9 Å². The summed E-state index contributed by atoms with van der Waals surface area (Å²) < 4.78 is 5.54. The SMILES string of the molecule is CCOc1ccc(Cl)cc1NCc1ccc(C#N)s1.